The van der Waals surface area contributed by atoms with E-state index in [0.717, 1.165) is 12.8 Å². The smallest absolute Gasteiger partial charge is 0.274 e. The largest absolute Gasteiger partial charge is 0.395 e. The molecule has 18 heavy (non-hydrogen) atoms. The van der Waals surface area contributed by atoms with Gasteiger partial charge in [-0.1, -0.05) is 13.3 Å². The molecule has 0 aromatic carbocycles. The van der Waals surface area contributed by atoms with E-state index in [0.29, 0.717) is 30.2 Å². The van der Waals surface area contributed by atoms with Crippen molar-refractivity contribution in [1.29, 1.82) is 0 Å². The second-order valence-electron chi connectivity index (χ2n) is 5.11. The molecular formula is C12H20N4O2. The van der Waals surface area contributed by atoms with Gasteiger partial charge in [0.05, 0.1) is 30.1 Å². The van der Waals surface area contributed by atoms with E-state index in [1.807, 2.05) is 6.92 Å². The summed E-state index contributed by atoms with van der Waals surface area (Å²) in [6.07, 6.45) is 1.63. The Kier molecular flexibility index (Phi) is 3.06. The van der Waals surface area contributed by atoms with E-state index in [2.05, 4.69) is 5.10 Å². The number of aliphatic hydroxyl groups is 1. The molecule has 1 saturated heterocycles. The number of anilines is 1. The van der Waals surface area contributed by atoms with Gasteiger partial charge in [-0.3, -0.25) is 9.48 Å². The molecule has 0 radical (unpaired) electrons. The van der Waals surface area contributed by atoms with Gasteiger partial charge in [0.2, 0.25) is 0 Å². The zero-order valence-corrected chi connectivity index (χ0v) is 11.1. The normalized spacial score (nSPS) is 17.7. The maximum absolute atomic E-state index is 12.2. The highest BCUT2D eigenvalue weighted by molar-refractivity contribution is 5.98. The summed E-state index contributed by atoms with van der Waals surface area (Å²) in [5, 5.41) is 14.2. The summed E-state index contributed by atoms with van der Waals surface area (Å²) in [6, 6.07) is 0. The summed E-state index contributed by atoms with van der Waals surface area (Å²) < 4.78 is 1.50. The van der Waals surface area contributed by atoms with Crippen LogP contribution in [0.3, 0.4) is 0 Å². The van der Waals surface area contributed by atoms with Crippen LogP contribution in [0, 0.1) is 6.92 Å². The van der Waals surface area contributed by atoms with Crippen molar-refractivity contribution in [2.75, 3.05) is 18.8 Å². The first-order valence-corrected chi connectivity index (χ1v) is 6.18. The van der Waals surface area contributed by atoms with E-state index >= 15 is 0 Å². The van der Waals surface area contributed by atoms with Gasteiger partial charge in [-0.05, 0) is 13.3 Å². The first-order chi connectivity index (χ1) is 8.38. The van der Waals surface area contributed by atoms with Crippen LogP contribution in [-0.2, 0) is 7.05 Å². The standard InChI is InChI=1S/C12H20N4O2/c1-4-5-12(18)6-16(7-12)11(17)10-9(13)8(2)14-15(10)3/h18H,4-7,13H2,1-3H3. The van der Waals surface area contributed by atoms with Crippen molar-refractivity contribution in [2.24, 2.45) is 7.05 Å². The topological polar surface area (TPSA) is 84.4 Å². The molecule has 1 amide bonds. The van der Waals surface area contributed by atoms with Crippen molar-refractivity contribution in [1.82, 2.24) is 14.7 Å². The van der Waals surface area contributed by atoms with E-state index in [9.17, 15) is 9.90 Å². The highest BCUT2D eigenvalue weighted by Gasteiger charge is 2.44. The summed E-state index contributed by atoms with van der Waals surface area (Å²) in [5.41, 5.74) is 6.63. The van der Waals surface area contributed by atoms with Crippen molar-refractivity contribution >= 4 is 11.6 Å². The number of likely N-dealkylation sites (tertiary alicyclic amines) is 1. The van der Waals surface area contributed by atoms with Gasteiger partial charge in [0.15, 0.2) is 0 Å². The van der Waals surface area contributed by atoms with Gasteiger partial charge in [-0.15, -0.1) is 0 Å². The molecule has 0 bridgehead atoms. The Morgan fingerprint density at radius 2 is 2.17 bits per heavy atom. The van der Waals surface area contributed by atoms with Crippen LogP contribution < -0.4 is 5.73 Å². The Bertz CT molecular complexity index is 475. The molecule has 2 rings (SSSR count). The van der Waals surface area contributed by atoms with Crippen molar-refractivity contribution in [3.8, 4) is 0 Å². The predicted octanol–water partition coefficient (Wildman–Crippen LogP) is 0.298. The van der Waals surface area contributed by atoms with Crippen LogP contribution >= 0.6 is 0 Å². The lowest BCUT2D eigenvalue weighted by Gasteiger charge is -2.46. The molecule has 0 unspecified atom stereocenters. The first-order valence-electron chi connectivity index (χ1n) is 6.18. The van der Waals surface area contributed by atoms with Gasteiger partial charge in [-0.25, -0.2) is 0 Å². The lowest BCUT2D eigenvalue weighted by Crippen LogP contribution is -2.63. The van der Waals surface area contributed by atoms with E-state index in [-0.39, 0.29) is 5.91 Å². The Morgan fingerprint density at radius 3 is 2.61 bits per heavy atom. The predicted molar refractivity (Wildman–Crippen MR) is 68.1 cm³/mol. The average Bonchev–Trinajstić information content (AvgIpc) is 2.49. The number of hydrogen-bond donors (Lipinski definition) is 2. The van der Waals surface area contributed by atoms with Crippen LogP contribution in [-0.4, -0.2) is 44.4 Å². The van der Waals surface area contributed by atoms with Crippen LogP contribution in [0.2, 0.25) is 0 Å². The van der Waals surface area contributed by atoms with Crippen molar-refractivity contribution in [2.45, 2.75) is 32.3 Å². The van der Waals surface area contributed by atoms with Gasteiger partial charge in [0.25, 0.3) is 5.91 Å². The molecule has 0 atom stereocenters. The lowest BCUT2D eigenvalue weighted by atomic mass is 9.89. The quantitative estimate of drug-likeness (QED) is 0.810. The van der Waals surface area contributed by atoms with E-state index < -0.39 is 5.60 Å². The van der Waals surface area contributed by atoms with E-state index in [4.69, 9.17) is 5.73 Å². The molecule has 1 aliphatic heterocycles. The number of β-amino-alcohol motifs (C(OH)–C–C–N with tert-alkyl or cyclic N) is 1. The number of aromatic nitrogens is 2. The lowest BCUT2D eigenvalue weighted by molar-refractivity contribution is -0.0862. The molecule has 1 aromatic heterocycles. The minimum absolute atomic E-state index is 0.156. The molecule has 0 saturated carbocycles. The number of carbonyl (C=O) groups excluding carboxylic acids is 1. The van der Waals surface area contributed by atoms with Crippen molar-refractivity contribution in [3.05, 3.63) is 11.4 Å². The molecule has 0 spiro atoms. The summed E-state index contributed by atoms with van der Waals surface area (Å²) in [5.74, 6) is -0.156. The highest BCUT2D eigenvalue weighted by Crippen LogP contribution is 2.28. The second kappa shape index (κ2) is 4.28. The van der Waals surface area contributed by atoms with Crippen LogP contribution in [0.4, 0.5) is 5.69 Å². The Balaban J connectivity index is 2.11. The zero-order chi connectivity index (χ0) is 13.5. The van der Waals surface area contributed by atoms with Crippen LogP contribution in [0.15, 0.2) is 0 Å². The number of hydrogen-bond acceptors (Lipinski definition) is 4. The molecule has 0 aliphatic carbocycles. The number of nitrogen functional groups attached to an aromatic ring is 1. The SMILES string of the molecule is CCCC1(O)CN(C(=O)c2c(N)c(C)nn2C)C1. The summed E-state index contributed by atoms with van der Waals surface area (Å²) in [4.78, 5) is 13.9. The fraction of sp³-hybridized carbons (Fsp3) is 0.667. The van der Waals surface area contributed by atoms with Crippen LogP contribution in [0.1, 0.15) is 35.9 Å². The summed E-state index contributed by atoms with van der Waals surface area (Å²) in [6.45, 7) is 4.55. The third kappa shape index (κ3) is 1.96. The molecule has 2 heterocycles. The molecule has 100 valence electrons. The van der Waals surface area contributed by atoms with Crippen LogP contribution in [0.25, 0.3) is 0 Å². The van der Waals surface area contributed by atoms with Gasteiger partial charge >= 0.3 is 0 Å². The Hall–Kier alpha value is -1.56. The summed E-state index contributed by atoms with van der Waals surface area (Å²) in [7, 11) is 1.70. The first kappa shape index (κ1) is 12.9. The third-order valence-electron chi connectivity index (χ3n) is 3.44. The molecule has 1 aliphatic rings. The van der Waals surface area contributed by atoms with E-state index in [1.165, 1.54) is 4.68 Å². The molecule has 6 heteroatoms. The number of nitrogens with zero attached hydrogens (tertiary/aromatic N) is 3. The molecule has 1 aromatic rings. The second-order valence-corrected chi connectivity index (χ2v) is 5.11. The van der Waals surface area contributed by atoms with Crippen molar-refractivity contribution in [3.63, 3.8) is 0 Å². The van der Waals surface area contributed by atoms with Gasteiger partial charge in [0, 0.05) is 7.05 Å². The Labute approximate surface area is 106 Å². The fourth-order valence-electron chi connectivity index (χ4n) is 2.51. The molecular weight excluding hydrogens is 232 g/mol. The Morgan fingerprint density at radius 1 is 1.56 bits per heavy atom. The highest BCUT2D eigenvalue weighted by atomic mass is 16.3. The van der Waals surface area contributed by atoms with Gasteiger partial charge < -0.3 is 15.7 Å². The number of aryl methyl sites for hydroxylation is 2. The van der Waals surface area contributed by atoms with Crippen molar-refractivity contribution < 1.29 is 9.90 Å². The maximum Gasteiger partial charge on any atom is 0.274 e. The third-order valence-corrected chi connectivity index (χ3v) is 3.44. The number of carbonyl (C=O) groups is 1. The number of amides is 1. The van der Waals surface area contributed by atoms with E-state index in [1.54, 1.807) is 18.9 Å². The number of nitrogens with two attached hydrogens (primary N) is 1. The zero-order valence-electron chi connectivity index (χ0n) is 11.1. The van der Waals surface area contributed by atoms with Gasteiger partial charge in [-0.2, -0.15) is 5.10 Å². The summed E-state index contributed by atoms with van der Waals surface area (Å²) >= 11 is 0. The fourth-order valence-corrected chi connectivity index (χ4v) is 2.51. The van der Waals surface area contributed by atoms with Crippen LogP contribution in [0.5, 0.6) is 0 Å². The monoisotopic (exact) mass is 252 g/mol. The minimum Gasteiger partial charge on any atom is -0.395 e. The average molecular weight is 252 g/mol. The molecule has 6 nitrogen and oxygen atoms in total. The molecule has 3 N–H and O–H groups in total. The minimum atomic E-state index is -0.715. The number of rotatable bonds is 3. The van der Waals surface area contributed by atoms with Gasteiger partial charge in [0.1, 0.15) is 5.69 Å². The molecule has 1 fully saturated rings. The maximum atomic E-state index is 12.2.